The lowest BCUT2D eigenvalue weighted by Gasteiger charge is -2.30. The van der Waals surface area contributed by atoms with Gasteiger partial charge in [-0.2, -0.15) is 0 Å². The molecule has 0 bridgehead atoms. The van der Waals surface area contributed by atoms with Crippen LogP contribution in [-0.4, -0.2) is 35.6 Å². The van der Waals surface area contributed by atoms with E-state index >= 15 is 0 Å². The van der Waals surface area contributed by atoms with Crippen LogP contribution in [0.2, 0.25) is 0 Å². The molecule has 1 aromatic carbocycles. The van der Waals surface area contributed by atoms with E-state index in [0.29, 0.717) is 5.92 Å². The molecule has 3 heteroatoms. The van der Waals surface area contributed by atoms with Crippen LogP contribution < -0.4 is 0 Å². The van der Waals surface area contributed by atoms with Gasteiger partial charge in [-0.25, -0.2) is 0 Å². The number of benzene rings is 1. The van der Waals surface area contributed by atoms with Gasteiger partial charge in [0.25, 0.3) is 0 Å². The van der Waals surface area contributed by atoms with Crippen LogP contribution in [0.25, 0.3) is 5.57 Å². The zero-order valence-electron chi connectivity index (χ0n) is 13.0. The van der Waals surface area contributed by atoms with Crippen molar-refractivity contribution in [2.45, 2.75) is 33.1 Å². The van der Waals surface area contributed by atoms with Crippen LogP contribution in [-0.2, 0) is 4.79 Å². The molecule has 1 aliphatic rings. The fourth-order valence-corrected chi connectivity index (χ4v) is 2.73. The molecular weight excluding hydrogens is 262 g/mol. The highest BCUT2D eigenvalue weighted by molar-refractivity contribution is 5.95. The summed E-state index contributed by atoms with van der Waals surface area (Å²) in [5, 5.41) is 9.16. The van der Waals surface area contributed by atoms with E-state index in [2.05, 4.69) is 38.1 Å². The molecule has 0 aliphatic carbocycles. The van der Waals surface area contributed by atoms with Gasteiger partial charge in [-0.1, -0.05) is 36.8 Å². The summed E-state index contributed by atoms with van der Waals surface area (Å²) >= 11 is 0. The summed E-state index contributed by atoms with van der Waals surface area (Å²) in [6.45, 7) is 5.89. The third-order valence-electron chi connectivity index (χ3n) is 4.29. The van der Waals surface area contributed by atoms with E-state index in [0.717, 1.165) is 43.5 Å². The van der Waals surface area contributed by atoms with Crippen molar-refractivity contribution in [2.75, 3.05) is 19.7 Å². The van der Waals surface area contributed by atoms with Crippen molar-refractivity contribution in [3.05, 3.63) is 41.5 Å². The number of hydrogen-bond acceptors (Lipinski definition) is 2. The first-order valence-electron chi connectivity index (χ1n) is 7.81. The Hall–Kier alpha value is -1.61. The van der Waals surface area contributed by atoms with Crippen molar-refractivity contribution in [1.29, 1.82) is 0 Å². The first-order chi connectivity index (χ1) is 10.1. The molecule has 0 spiro atoms. The van der Waals surface area contributed by atoms with Crippen LogP contribution >= 0.6 is 0 Å². The highest BCUT2D eigenvalue weighted by Crippen LogP contribution is 2.21. The minimum atomic E-state index is 0.101. The molecule has 0 saturated carbocycles. The average Bonchev–Trinajstić information content (AvgIpc) is 2.53. The van der Waals surface area contributed by atoms with Gasteiger partial charge in [-0.3, -0.25) is 4.79 Å². The fourth-order valence-electron chi connectivity index (χ4n) is 2.73. The predicted molar refractivity (Wildman–Crippen MR) is 85.8 cm³/mol. The van der Waals surface area contributed by atoms with E-state index in [-0.39, 0.29) is 12.5 Å². The van der Waals surface area contributed by atoms with Crippen LogP contribution in [0.1, 0.15) is 37.3 Å². The van der Waals surface area contributed by atoms with Crippen molar-refractivity contribution in [3.63, 3.8) is 0 Å². The largest absolute Gasteiger partial charge is 0.396 e. The van der Waals surface area contributed by atoms with E-state index in [1.807, 2.05) is 4.90 Å². The number of allylic oxidation sites excluding steroid dienone is 1. The predicted octanol–water partition coefficient (Wildman–Crippen LogP) is 3.02. The molecule has 0 unspecified atom stereocenters. The molecule has 1 N–H and O–H groups in total. The Morgan fingerprint density at radius 3 is 2.43 bits per heavy atom. The summed E-state index contributed by atoms with van der Waals surface area (Å²) in [6, 6.07) is 8.32. The minimum absolute atomic E-state index is 0.101. The van der Waals surface area contributed by atoms with Crippen LogP contribution in [0.15, 0.2) is 30.3 Å². The van der Waals surface area contributed by atoms with E-state index in [9.17, 15) is 4.79 Å². The zero-order valence-corrected chi connectivity index (χ0v) is 13.0. The quantitative estimate of drug-likeness (QED) is 0.865. The van der Waals surface area contributed by atoms with Gasteiger partial charge in [0.2, 0.25) is 5.91 Å². The zero-order chi connectivity index (χ0) is 15.2. The third-order valence-corrected chi connectivity index (χ3v) is 4.29. The molecule has 0 radical (unpaired) electrons. The SMILES string of the molecule is CC/C(=C/C(=O)N1CCC(CO)CC1)c1ccc(C)cc1. The Bertz CT molecular complexity index is 496. The number of piperidine rings is 1. The molecular formula is C18H25NO2. The van der Waals surface area contributed by atoms with E-state index < -0.39 is 0 Å². The minimum Gasteiger partial charge on any atom is -0.396 e. The Morgan fingerprint density at radius 2 is 1.90 bits per heavy atom. The maximum atomic E-state index is 12.4. The topological polar surface area (TPSA) is 40.5 Å². The molecule has 2 rings (SSSR count). The normalized spacial score (nSPS) is 17.1. The fraction of sp³-hybridized carbons (Fsp3) is 0.500. The van der Waals surface area contributed by atoms with E-state index in [1.165, 1.54) is 5.56 Å². The van der Waals surface area contributed by atoms with Crippen molar-refractivity contribution < 1.29 is 9.90 Å². The molecule has 1 heterocycles. The van der Waals surface area contributed by atoms with Crippen LogP contribution in [0.4, 0.5) is 0 Å². The van der Waals surface area contributed by atoms with Crippen molar-refractivity contribution >= 4 is 11.5 Å². The van der Waals surface area contributed by atoms with Crippen LogP contribution in [0.3, 0.4) is 0 Å². The highest BCUT2D eigenvalue weighted by atomic mass is 16.3. The Labute approximate surface area is 127 Å². The Morgan fingerprint density at radius 1 is 1.29 bits per heavy atom. The van der Waals surface area contributed by atoms with Gasteiger partial charge in [-0.05, 0) is 43.2 Å². The summed E-state index contributed by atoms with van der Waals surface area (Å²) in [7, 11) is 0. The molecule has 3 nitrogen and oxygen atoms in total. The number of amides is 1. The molecule has 1 fully saturated rings. The first kappa shape index (κ1) is 15.8. The van der Waals surface area contributed by atoms with Crippen molar-refractivity contribution in [2.24, 2.45) is 5.92 Å². The van der Waals surface area contributed by atoms with Gasteiger partial charge >= 0.3 is 0 Å². The summed E-state index contributed by atoms with van der Waals surface area (Å²) < 4.78 is 0. The number of rotatable bonds is 4. The molecule has 1 aliphatic heterocycles. The number of aryl methyl sites for hydroxylation is 1. The van der Waals surface area contributed by atoms with Gasteiger partial charge in [0, 0.05) is 25.8 Å². The number of nitrogens with zero attached hydrogens (tertiary/aromatic N) is 1. The molecule has 0 atom stereocenters. The maximum absolute atomic E-state index is 12.4. The van der Waals surface area contributed by atoms with Gasteiger partial charge in [0.05, 0.1) is 0 Å². The summed E-state index contributed by atoms with van der Waals surface area (Å²) in [6.07, 6.45) is 4.44. The molecule has 1 amide bonds. The summed E-state index contributed by atoms with van der Waals surface area (Å²) in [5.41, 5.74) is 3.44. The lowest BCUT2D eigenvalue weighted by molar-refractivity contribution is -0.127. The maximum Gasteiger partial charge on any atom is 0.246 e. The Kier molecular flexibility index (Phi) is 5.57. The molecule has 21 heavy (non-hydrogen) atoms. The van der Waals surface area contributed by atoms with Gasteiger partial charge in [0.15, 0.2) is 0 Å². The number of aliphatic hydroxyl groups excluding tert-OH is 1. The van der Waals surface area contributed by atoms with Crippen molar-refractivity contribution in [3.8, 4) is 0 Å². The first-order valence-corrected chi connectivity index (χ1v) is 7.81. The molecule has 1 aromatic rings. The lowest BCUT2D eigenvalue weighted by atomic mass is 9.97. The van der Waals surface area contributed by atoms with Gasteiger partial charge in [0.1, 0.15) is 0 Å². The number of carbonyl (C=O) groups is 1. The van der Waals surface area contributed by atoms with Gasteiger partial charge < -0.3 is 10.0 Å². The second-order valence-electron chi connectivity index (χ2n) is 5.84. The summed E-state index contributed by atoms with van der Waals surface area (Å²) in [4.78, 5) is 14.3. The van der Waals surface area contributed by atoms with Crippen molar-refractivity contribution in [1.82, 2.24) is 4.90 Å². The lowest BCUT2D eigenvalue weighted by Crippen LogP contribution is -2.38. The molecule has 1 saturated heterocycles. The second-order valence-corrected chi connectivity index (χ2v) is 5.84. The van der Waals surface area contributed by atoms with Gasteiger partial charge in [-0.15, -0.1) is 0 Å². The smallest absolute Gasteiger partial charge is 0.246 e. The molecule has 114 valence electrons. The summed E-state index contributed by atoms with van der Waals surface area (Å²) in [5.74, 6) is 0.463. The molecule has 0 aromatic heterocycles. The number of carbonyl (C=O) groups excluding carboxylic acids is 1. The third kappa shape index (κ3) is 4.18. The Balaban J connectivity index is 2.05. The van der Waals surface area contributed by atoms with E-state index in [1.54, 1.807) is 6.08 Å². The van der Waals surface area contributed by atoms with Crippen LogP contribution in [0.5, 0.6) is 0 Å². The average molecular weight is 287 g/mol. The number of likely N-dealkylation sites (tertiary alicyclic amines) is 1. The van der Waals surface area contributed by atoms with E-state index in [4.69, 9.17) is 5.11 Å². The monoisotopic (exact) mass is 287 g/mol. The second kappa shape index (κ2) is 7.41. The van der Waals surface area contributed by atoms with Crippen LogP contribution in [0, 0.1) is 12.8 Å². The number of aliphatic hydroxyl groups is 1. The number of hydrogen-bond donors (Lipinski definition) is 1. The highest BCUT2D eigenvalue weighted by Gasteiger charge is 2.21. The standard InChI is InChI=1S/C18H25NO2/c1-3-16(17-6-4-14(2)5-7-17)12-18(21)19-10-8-15(13-20)9-11-19/h4-7,12,15,20H,3,8-11,13H2,1-2H3/b16-12-.